The van der Waals surface area contributed by atoms with Crippen molar-refractivity contribution in [1.29, 1.82) is 3.56 Å². The lowest BCUT2D eigenvalue weighted by Crippen LogP contribution is -1.70. The summed E-state index contributed by atoms with van der Waals surface area (Å²) in [7, 11) is 0. The van der Waals surface area contributed by atoms with E-state index < -0.39 is 21.0 Å². The Morgan fingerprint density at radius 2 is 1.78 bits per heavy atom. The molecule has 48 valence electrons. The molecule has 0 amide bonds. The Bertz CT molecular complexity index is 203. The van der Waals surface area contributed by atoms with Crippen molar-refractivity contribution in [3.63, 3.8) is 0 Å². The molecule has 0 spiro atoms. The summed E-state index contributed by atoms with van der Waals surface area (Å²) in [4.78, 5) is 0. The van der Waals surface area contributed by atoms with Gasteiger partial charge in [-0.1, -0.05) is 17.7 Å². The number of halogens is 1. The lowest BCUT2D eigenvalue weighted by atomic mass is 10.2. The molecule has 0 fully saturated rings. The molecule has 2 heteroatoms. The molecule has 0 saturated heterocycles. The summed E-state index contributed by atoms with van der Waals surface area (Å²) >= 11 is -0.453. The van der Waals surface area contributed by atoms with Gasteiger partial charge in [0, 0.05) is 24.6 Å². The van der Waals surface area contributed by atoms with Crippen LogP contribution in [0.2, 0.25) is 0 Å². The highest BCUT2D eigenvalue weighted by Gasteiger charge is 1.84. The van der Waals surface area contributed by atoms with Crippen LogP contribution >= 0.6 is 21.0 Å². The minimum Gasteiger partial charge on any atom is -0.274 e. The van der Waals surface area contributed by atoms with Gasteiger partial charge in [0.1, 0.15) is 0 Å². The fourth-order valence-electron chi connectivity index (χ4n) is 0.596. The average molecular weight is 233 g/mol. The minimum absolute atomic E-state index is 0.453. The van der Waals surface area contributed by atoms with Gasteiger partial charge in [-0.25, -0.2) is 0 Å². The van der Waals surface area contributed by atoms with Gasteiger partial charge >= 0.3 is 0 Å². The molecule has 1 rings (SSSR count). The Hall–Kier alpha value is -0.250. The second-order valence-electron chi connectivity index (χ2n) is 1.89. The molecule has 0 unspecified atom stereocenters. The summed E-state index contributed by atoms with van der Waals surface area (Å²) in [5.41, 5.74) is 1.27. The van der Waals surface area contributed by atoms with Crippen molar-refractivity contribution >= 4 is 21.0 Å². The Kier molecular flexibility index (Phi) is 2.33. The summed E-state index contributed by atoms with van der Waals surface area (Å²) in [6.45, 7) is 2.06. The van der Waals surface area contributed by atoms with Crippen molar-refractivity contribution in [2.75, 3.05) is 0 Å². The highest BCUT2D eigenvalue weighted by molar-refractivity contribution is 14.2. The lowest BCUT2D eigenvalue weighted by molar-refractivity contribution is 1.46. The summed E-state index contributed by atoms with van der Waals surface area (Å²) < 4.78 is 8.32. The molecule has 0 bridgehead atoms. The van der Waals surface area contributed by atoms with Crippen LogP contribution in [0.5, 0.6) is 0 Å². The number of benzene rings is 1. The number of nitrogens with one attached hydrogen (secondary N) is 1. The van der Waals surface area contributed by atoms with Crippen molar-refractivity contribution in [1.82, 2.24) is 0 Å². The summed E-state index contributed by atoms with van der Waals surface area (Å²) in [6, 6.07) is 8.19. The van der Waals surface area contributed by atoms with Gasteiger partial charge < -0.3 is 0 Å². The lowest BCUT2D eigenvalue weighted by Gasteiger charge is -1.89. The summed E-state index contributed by atoms with van der Waals surface area (Å²) in [6.07, 6.45) is 0. The van der Waals surface area contributed by atoms with Gasteiger partial charge in [0.05, 0.1) is 0 Å². The van der Waals surface area contributed by atoms with E-state index in [0.717, 1.165) is 0 Å². The number of aryl methyl sites for hydroxylation is 1. The monoisotopic (exact) mass is 233 g/mol. The molecule has 0 aliphatic rings. The van der Waals surface area contributed by atoms with E-state index in [-0.39, 0.29) is 0 Å². The predicted molar refractivity (Wildman–Crippen MR) is 46.6 cm³/mol. The van der Waals surface area contributed by atoms with Gasteiger partial charge in [-0.3, -0.25) is 3.56 Å². The molecule has 0 atom stereocenters. The summed E-state index contributed by atoms with van der Waals surface area (Å²) in [5.74, 6) is 0. The molecule has 0 heterocycles. The molecule has 1 N–H and O–H groups in total. The topological polar surface area (TPSA) is 23.9 Å². The Morgan fingerprint density at radius 1 is 1.22 bits per heavy atom. The van der Waals surface area contributed by atoms with E-state index in [1.165, 1.54) is 9.13 Å². The van der Waals surface area contributed by atoms with Crippen LogP contribution in [0.25, 0.3) is 0 Å². The molecular weight excluding hydrogens is 225 g/mol. The van der Waals surface area contributed by atoms with Crippen molar-refractivity contribution in [2.24, 2.45) is 0 Å². The molecule has 0 saturated carbocycles. The van der Waals surface area contributed by atoms with Crippen LogP contribution in [0.4, 0.5) is 0 Å². The molecule has 0 aliphatic heterocycles. The third-order valence-electron chi connectivity index (χ3n) is 1.12. The largest absolute Gasteiger partial charge is 0.274 e. The van der Waals surface area contributed by atoms with Crippen LogP contribution in [0.3, 0.4) is 0 Å². The number of rotatable bonds is 1. The quantitative estimate of drug-likeness (QED) is 0.721. The number of hydrogen-bond donors (Lipinski definition) is 1. The maximum atomic E-state index is 7.12. The molecule has 0 aromatic heterocycles. The van der Waals surface area contributed by atoms with Gasteiger partial charge in [0.25, 0.3) is 0 Å². The van der Waals surface area contributed by atoms with Crippen LogP contribution in [-0.2, 0) is 0 Å². The Morgan fingerprint density at radius 3 is 2.22 bits per heavy atom. The zero-order valence-corrected chi connectivity index (χ0v) is 7.34. The van der Waals surface area contributed by atoms with Crippen molar-refractivity contribution in [2.45, 2.75) is 6.92 Å². The minimum atomic E-state index is -0.453. The molecular formula is C7H8IN. The predicted octanol–water partition coefficient (Wildman–Crippen LogP) is 2.90. The molecule has 1 aromatic rings. The van der Waals surface area contributed by atoms with E-state index in [2.05, 4.69) is 19.1 Å². The van der Waals surface area contributed by atoms with Gasteiger partial charge in [-0.05, 0) is 19.1 Å². The van der Waals surface area contributed by atoms with E-state index >= 15 is 0 Å². The highest BCUT2D eigenvalue weighted by Crippen LogP contribution is 2.10. The summed E-state index contributed by atoms with van der Waals surface area (Å²) in [5, 5.41) is 0. The first kappa shape index (κ1) is 6.86. The van der Waals surface area contributed by atoms with E-state index in [0.29, 0.717) is 0 Å². The first-order valence-corrected chi connectivity index (χ1v) is 4.86. The SMILES string of the molecule is Cc1ccc(I=N)cc1. The normalized spacial score (nSPS) is 9.44. The second-order valence-corrected chi connectivity index (χ2v) is 3.68. The maximum Gasteiger partial charge on any atom is 0.0248 e. The fourth-order valence-corrected chi connectivity index (χ4v) is 1.32. The van der Waals surface area contributed by atoms with E-state index in [9.17, 15) is 0 Å². The highest BCUT2D eigenvalue weighted by atomic mass is 127. The molecule has 9 heavy (non-hydrogen) atoms. The van der Waals surface area contributed by atoms with E-state index in [1.807, 2.05) is 12.1 Å². The van der Waals surface area contributed by atoms with Crippen LogP contribution in [-0.4, -0.2) is 0 Å². The zero-order chi connectivity index (χ0) is 6.69. The number of hydrogen-bond acceptors (Lipinski definition) is 1. The van der Waals surface area contributed by atoms with Crippen LogP contribution < -0.4 is 0 Å². The third kappa shape index (κ3) is 1.86. The zero-order valence-electron chi connectivity index (χ0n) is 5.19. The smallest absolute Gasteiger partial charge is 0.0248 e. The van der Waals surface area contributed by atoms with Crippen LogP contribution in [0.1, 0.15) is 5.56 Å². The third-order valence-corrected chi connectivity index (χ3v) is 2.46. The maximum absolute atomic E-state index is 7.12. The van der Waals surface area contributed by atoms with Gasteiger partial charge in [-0.2, -0.15) is 0 Å². The van der Waals surface area contributed by atoms with Crippen molar-refractivity contribution < 1.29 is 0 Å². The molecule has 0 radical (unpaired) electrons. The van der Waals surface area contributed by atoms with Gasteiger partial charge in [-0.15, -0.1) is 0 Å². The standard InChI is InChI=1S/C7H8IN/c1-6-2-4-7(8-9)5-3-6/h2-5,9H,1H3. The Balaban J connectivity index is 3.01. The first-order chi connectivity index (χ1) is 4.33. The van der Waals surface area contributed by atoms with E-state index in [1.54, 1.807) is 0 Å². The average Bonchev–Trinajstić information content (AvgIpc) is 1.90. The van der Waals surface area contributed by atoms with Crippen molar-refractivity contribution in [3.8, 4) is 0 Å². The molecule has 0 aliphatic carbocycles. The fraction of sp³-hybridized carbons (Fsp3) is 0.143. The van der Waals surface area contributed by atoms with Crippen LogP contribution in [0.15, 0.2) is 24.3 Å². The van der Waals surface area contributed by atoms with E-state index in [4.69, 9.17) is 3.56 Å². The van der Waals surface area contributed by atoms with Gasteiger partial charge in [0.15, 0.2) is 0 Å². The molecule has 1 aromatic carbocycles. The second kappa shape index (κ2) is 3.06. The van der Waals surface area contributed by atoms with Gasteiger partial charge in [0.2, 0.25) is 0 Å². The Labute approximate surface area is 65.0 Å². The molecule has 1 nitrogen and oxygen atoms in total. The first-order valence-electron chi connectivity index (χ1n) is 2.70. The van der Waals surface area contributed by atoms with Crippen LogP contribution in [0, 0.1) is 14.1 Å². The van der Waals surface area contributed by atoms with Crippen molar-refractivity contribution in [3.05, 3.63) is 33.4 Å².